The molecule has 0 bridgehead atoms. The molecular formula is C23H25N5O2. The fraction of sp³-hybridized carbons (Fsp3) is 0.391. The van der Waals surface area contributed by atoms with Crippen LogP contribution in [0.25, 0.3) is 11.5 Å². The first-order valence-corrected chi connectivity index (χ1v) is 10.3. The van der Waals surface area contributed by atoms with E-state index in [9.17, 15) is 4.79 Å². The number of aromatic nitrogens is 3. The molecule has 0 spiro atoms. The van der Waals surface area contributed by atoms with Crippen LogP contribution in [0.3, 0.4) is 0 Å². The number of hydrogen-bond acceptors (Lipinski definition) is 6. The summed E-state index contributed by atoms with van der Waals surface area (Å²) >= 11 is 0. The molecule has 1 aromatic carbocycles. The minimum atomic E-state index is 0.0480. The number of likely N-dealkylation sites (tertiary alicyclic amines) is 1. The van der Waals surface area contributed by atoms with Gasteiger partial charge in [-0.25, -0.2) is 15.0 Å². The summed E-state index contributed by atoms with van der Waals surface area (Å²) < 4.78 is 5.48. The lowest BCUT2D eigenvalue weighted by atomic mass is 10.0. The summed E-state index contributed by atoms with van der Waals surface area (Å²) in [7, 11) is 0. The molecule has 5 rings (SSSR count). The van der Waals surface area contributed by atoms with Gasteiger partial charge in [0, 0.05) is 49.4 Å². The van der Waals surface area contributed by atoms with E-state index in [1.807, 2.05) is 49.9 Å². The van der Waals surface area contributed by atoms with Gasteiger partial charge < -0.3 is 14.2 Å². The average molecular weight is 403 g/mol. The lowest BCUT2D eigenvalue weighted by Crippen LogP contribution is -2.34. The molecule has 0 radical (unpaired) electrons. The summed E-state index contributed by atoms with van der Waals surface area (Å²) in [6, 6.07) is 7.82. The number of nitrogens with zero attached hydrogens (tertiary/aromatic N) is 5. The Hall–Kier alpha value is -3.22. The third kappa shape index (κ3) is 3.34. The summed E-state index contributed by atoms with van der Waals surface area (Å²) in [6.07, 6.45) is 3.14. The number of fused-ring (bicyclic) bond motifs is 1. The second-order valence-corrected chi connectivity index (χ2v) is 8.47. The molecular weight excluding hydrogens is 378 g/mol. The summed E-state index contributed by atoms with van der Waals surface area (Å²) in [4.78, 5) is 31.1. The monoisotopic (exact) mass is 403 g/mol. The maximum absolute atomic E-state index is 13.4. The predicted octanol–water partition coefficient (Wildman–Crippen LogP) is 3.27. The van der Waals surface area contributed by atoms with E-state index in [0.717, 1.165) is 54.6 Å². The van der Waals surface area contributed by atoms with E-state index in [1.165, 1.54) is 6.26 Å². The minimum Gasteiger partial charge on any atom is -0.445 e. The standard InChI is InChI=1S/C23H25N5O2/c1-14-4-5-19(20(8-14)21-24-6-7-30-21)22(29)27-10-17-12-28(13-18(17)11-27)23-25-15(2)9-16(3)26-23/h4-9,17-18H,10-13H2,1-3H3. The number of hydrogen-bond donors (Lipinski definition) is 0. The van der Waals surface area contributed by atoms with E-state index in [-0.39, 0.29) is 5.91 Å². The van der Waals surface area contributed by atoms with E-state index in [2.05, 4.69) is 19.9 Å². The first kappa shape index (κ1) is 18.8. The van der Waals surface area contributed by atoms with Gasteiger partial charge in [-0.2, -0.15) is 0 Å². The zero-order valence-electron chi connectivity index (χ0n) is 17.5. The molecule has 2 saturated heterocycles. The fourth-order valence-electron chi connectivity index (χ4n) is 4.72. The predicted molar refractivity (Wildman–Crippen MR) is 113 cm³/mol. The number of anilines is 1. The van der Waals surface area contributed by atoms with Crippen LogP contribution in [-0.2, 0) is 0 Å². The number of aryl methyl sites for hydroxylation is 3. The second kappa shape index (κ2) is 7.23. The third-order valence-electron chi connectivity index (χ3n) is 6.09. The van der Waals surface area contributed by atoms with Crippen molar-refractivity contribution in [3.63, 3.8) is 0 Å². The SMILES string of the molecule is Cc1ccc(C(=O)N2CC3CN(c4nc(C)cc(C)n4)CC3C2)c(-c2ncco2)c1. The van der Waals surface area contributed by atoms with Gasteiger partial charge in [0.25, 0.3) is 5.91 Å². The van der Waals surface area contributed by atoms with E-state index < -0.39 is 0 Å². The Morgan fingerprint density at radius 2 is 1.70 bits per heavy atom. The van der Waals surface area contributed by atoms with Crippen molar-refractivity contribution in [3.8, 4) is 11.5 Å². The van der Waals surface area contributed by atoms with Gasteiger partial charge in [0.2, 0.25) is 11.8 Å². The van der Waals surface area contributed by atoms with Crippen molar-refractivity contribution in [1.82, 2.24) is 19.9 Å². The minimum absolute atomic E-state index is 0.0480. The van der Waals surface area contributed by atoms with Crippen LogP contribution in [0.5, 0.6) is 0 Å². The lowest BCUT2D eigenvalue weighted by Gasteiger charge is -2.23. The van der Waals surface area contributed by atoms with Crippen LogP contribution in [0.2, 0.25) is 0 Å². The Kier molecular flexibility index (Phi) is 4.53. The molecule has 0 saturated carbocycles. The number of oxazole rings is 1. The van der Waals surface area contributed by atoms with Crippen molar-refractivity contribution >= 4 is 11.9 Å². The molecule has 7 heteroatoms. The Balaban J connectivity index is 1.33. The van der Waals surface area contributed by atoms with Crippen molar-refractivity contribution in [2.75, 3.05) is 31.1 Å². The second-order valence-electron chi connectivity index (χ2n) is 8.47. The number of benzene rings is 1. The van der Waals surface area contributed by atoms with Crippen LogP contribution in [0.15, 0.2) is 41.1 Å². The smallest absolute Gasteiger partial charge is 0.254 e. The van der Waals surface area contributed by atoms with Crippen molar-refractivity contribution in [3.05, 3.63) is 59.2 Å². The molecule has 4 heterocycles. The highest BCUT2D eigenvalue weighted by molar-refractivity contribution is 6.00. The molecule has 0 aliphatic carbocycles. The summed E-state index contributed by atoms with van der Waals surface area (Å²) in [5.74, 6) is 2.22. The first-order valence-electron chi connectivity index (χ1n) is 10.3. The Labute approximate surface area is 175 Å². The van der Waals surface area contributed by atoms with Crippen LogP contribution in [0, 0.1) is 32.6 Å². The third-order valence-corrected chi connectivity index (χ3v) is 6.09. The van der Waals surface area contributed by atoms with Crippen molar-refractivity contribution in [2.24, 2.45) is 11.8 Å². The first-order chi connectivity index (χ1) is 14.5. The number of rotatable bonds is 3. The molecule has 2 aliphatic heterocycles. The molecule has 2 fully saturated rings. The molecule has 2 atom stereocenters. The van der Waals surface area contributed by atoms with E-state index in [1.54, 1.807) is 6.20 Å². The van der Waals surface area contributed by atoms with Crippen molar-refractivity contribution in [1.29, 1.82) is 0 Å². The zero-order chi connectivity index (χ0) is 20.8. The van der Waals surface area contributed by atoms with Crippen LogP contribution in [0.1, 0.15) is 27.3 Å². The van der Waals surface area contributed by atoms with Gasteiger partial charge in [-0.3, -0.25) is 4.79 Å². The molecule has 3 aromatic rings. The molecule has 30 heavy (non-hydrogen) atoms. The molecule has 154 valence electrons. The number of amides is 1. The Morgan fingerprint density at radius 1 is 1.00 bits per heavy atom. The van der Waals surface area contributed by atoms with Crippen LogP contribution < -0.4 is 4.90 Å². The topological polar surface area (TPSA) is 75.4 Å². The Bertz CT molecular complexity index is 1060. The fourth-order valence-corrected chi connectivity index (χ4v) is 4.72. The quantitative estimate of drug-likeness (QED) is 0.668. The maximum Gasteiger partial charge on any atom is 0.254 e. The van der Waals surface area contributed by atoms with Gasteiger partial charge in [0.15, 0.2) is 0 Å². The van der Waals surface area contributed by atoms with Crippen molar-refractivity contribution in [2.45, 2.75) is 20.8 Å². The summed E-state index contributed by atoms with van der Waals surface area (Å²) in [5, 5.41) is 0. The van der Waals surface area contributed by atoms with Crippen LogP contribution in [0.4, 0.5) is 5.95 Å². The van der Waals surface area contributed by atoms with Crippen LogP contribution >= 0.6 is 0 Å². The molecule has 7 nitrogen and oxygen atoms in total. The van der Waals surface area contributed by atoms with E-state index in [0.29, 0.717) is 23.3 Å². The van der Waals surface area contributed by atoms with E-state index >= 15 is 0 Å². The molecule has 0 N–H and O–H groups in total. The molecule has 2 aliphatic rings. The average Bonchev–Trinajstić information content (AvgIpc) is 3.43. The zero-order valence-corrected chi connectivity index (χ0v) is 17.5. The summed E-state index contributed by atoms with van der Waals surface area (Å²) in [5.41, 5.74) is 4.46. The highest BCUT2D eigenvalue weighted by Crippen LogP contribution is 2.34. The van der Waals surface area contributed by atoms with Gasteiger partial charge in [-0.15, -0.1) is 0 Å². The van der Waals surface area contributed by atoms with Gasteiger partial charge in [0.05, 0.1) is 17.3 Å². The summed E-state index contributed by atoms with van der Waals surface area (Å²) in [6.45, 7) is 9.29. The van der Waals surface area contributed by atoms with Gasteiger partial charge in [0.1, 0.15) is 6.26 Å². The van der Waals surface area contributed by atoms with Gasteiger partial charge in [-0.1, -0.05) is 11.6 Å². The molecule has 2 aromatic heterocycles. The molecule has 1 amide bonds. The normalized spacial score (nSPS) is 20.6. The highest BCUT2D eigenvalue weighted by atomic mass is 16.3. The van der Waals surface area contributed by atoms with E-state index in [4.69, 9.17) is 4.42 Å². The van der Waals surface area contributed by atoms with Crippen molar-refractivity contribution < 1.29 is 9.21 Å². The number of carbonyl (C=O) groups is 1. The Morgan fingerprint density at radius 3 is 2.33 bits per heavy atom. The van der Waals surface area contributed by atoms with Crippen LogP contribution in [-0.4, -0.2) is 51.9 Å². The number of carbonyl (C=O) groups excluding carboxylic acids is 1. The lowest BCUT2D eigenvalue weighted by molar-refractivity contribution is 0.0783. The van der Waals surface area contributed by atoms with Gasteiger partial charge in [-0.05, 0) is 39.0 Å². The highest BCUT2D eigenvalue weighted by Gasteiger charge is 2.43. The van der Waals surface area contributed by atoms with Gasteiger partial charge >= 0.3 is 0 Å². The largest absolute Gasteiger partial charge is 0.445 e. The maximum atomic E-state index is 13.4. The molecule has 2 unspecified atom stereocenters.